The van der Waals surface area contributed by atoms with Gasteiger partial charge in [-0.15, -0.1) is 0 Å². The van der Waals surface area contributed by atoms with Crippen molar-refractivity contribution in [3.05, 3.63) is 57.6 Å². The second-order valence-electron chi connectivity index (χ2n) is 4.63. The molecule has 1 N–H and O–H groups in total. The Morgan fingerprint density at radius 3 is 2.48 bits per heavy atom. The van der Waals surface area contributed by atoms with Crippen molar-refractivity contribution in [3.8, 4) is 6.07 Å². The van der Waals surface area contributed by atoms with Crippen LogP contribution in [0.2, 0.25) is 0 Å². The van der Waals surface area contributed by atoms with Crippen molar-refractivity contribution in [1.82, 2.24) is 0 Å². The van der Waals surface area contributed by atoms with Crippen molar-refractivity contribution >= 4 is 31.6 Å². The average molecular weight is 365 g/mol. The van der Waals surface area contributed by atoms with Crippen molar-refractivity contribution in [2.24, 2.45) is 0 Å². The molecule has 0 aliphatic heterocycles. The highest BCUT2D eigenvalue weighted by Gasteiger charge is 2.17. The van der Waals surface area contributed by atoms with E-state index in [1.165, 1.54) is 6.07 Å². The second-order valence-corrected chi connectivity index (χ2v) is 7.16. The van der Waals surface area contributed by atoms with E-state index in [4.69, 9.17) is 5.26 Å². The van der Waals surface area contributed by atoms with Crippen LogP contribution in [0, 0.1) is 25.2 Å². The van der Waals surface area contributed by atoms with Gasteiger partial charge in [-0.2, -0.15) is 5.26 Å². The van der Waals surface area contributed by atoms with Gasteiger partial charge in [0.05, 0.1) is 16.1 Å². The molecule has 0 unspecified atom stereocenters. The van der Waals surface area contributed by atoms with Gasteiger partial charge in [-0.1, -0.05) is 28.1 Å². The molecule has 2 rings (SSSR count). The summed E-state index contributed by atoms with van der Waals surface area (Å²) in [4.78, 5) is 0.161. The summed E-state index contributed by atoms with van der Waals surface area (Å²) in [5.74, 6) is 0. The van der Waals surface area contributed by atoms with E-state index in [1.54, 1.807) is 37.3 Å². The van der Waals surface area contributed by atoms with Crippen LogP contribution in [0.3, 0.4) is 0 Å². The second kappa shape index (κ2) is 5.88. The Hall–Kier alpha value is -1.84. The van der Waals surface area contributed by atoms with Crippen molar-refractivity contribution in [2.45, 2.75) is 18.7 Å². The summed E-state index contributed by atoms with van der Waals surface area (Å²) >= 11 is 3.34. The van der Waals surface area contributed by atoms with E-state index in [1.807, 2.05) is 13.0 Å². The number of nitrogens with zero attached hydrogens (tertiary/aromatic N) is 1. The Labute approximate surface area is 132 Å². The van der Waals surface area contributed by atoms with Gasteiger partial charge in [-0.3, -0.25) is 4.72 Å². The predicted molar refractivity (Wildman–Crippen MR) is 85.6 cm³/mol. The third kappa shape index (κ3) is 3.26. The number of nitrogens with one attached hydrogen (secondary N) is 1. The van der Waals surface area contributed by atoms with Gasteiger partial charge < -0.3 is 0 Å². The van der Waals surface area contributed by atoms with Crippen molar-refractivity contribution in [1.29, 1.82) is 5.26 Å². The highest BCUT2D eigenvalue weighted by Crippen LogP contribution is 2.24. The van der Waals surface area contributed by atoms with E-state index < -0.39 is 10.0 Å². The van der Waals surface area contributed by atoms with Crippen LogP contribution in [-0.2, 0) is 10.0 Å². The summed E-state index contributed by atoms with van der Waals surface area (Å²) in [6.45, 7) is 3.58. The first-order valence-electron chi connectivity index (χ1n) is 6.14. The summed E-state index contributed by atoms with van der Waals surface area (Å²) in [5.41, 5.74) is 2.17. The maximum Gasteiger partial charge on any atom is 0.261 e. The highest BCUT2D eigenvalue weighted by atomic mass is 79.9. The molecule has 0 aliphatic rings. The SMILES string of the molecule is Cc1cc(S(=O)(=O)Nc2cccc(C)c2C#N)ccc1Br. The van der Waals surface area contributed by atoms with Gasteiger partial charge in [0.1, 0.15) is 6.07 Å². The lowest BCUT2D eigenvalue weighted by atomic mass is 10.1. The van der Waals surface area contributed by atoms with Gasteiger partial charge in [0.15, 0.2) is 0 Å². The number of rotatable bonds is 3. The molecular weight excluding hydrogens is 352 g/mol. The molecule has 6 heteroatoms. The smallest absolute Gasteiger partial charge is 0.261 e. The number of hydrogen-bond donors (Lipinski definition) is 1. The first-order chi connectivity index (χ1) is 9.85. The Morgan fingerprint density at radius 1 is 1.14 bits per heavy atom. The fraction of sp³-hybridized carbons (Fsp3) is 0.133. The summed E-state index contributed by atoms with van der Waals surface area (Å²) in [6, 6.07) is 11.9. The Morgan fingerprint density at radius 2 is 1.86 bits per heavy atom. The molecular formula is C15H13BrN2O2S. The molecule has 0 aliphatic carbocycles. The topological polar surface area (TPSA) is 70.0 Å². The van der Waals surface area contributed by atoms with Gasteiger partial charge in [0.25, 0.3) is 10.0 Å². The quantitative estimate of drug-likeness (QED) is 0.901. The van der Waals surface area contributed by atoms with E-state index >= 15 is 0 Å². The van der Waals surface area contributed by atoms with Crippen molar-refractivity contribution < 1.29 is 8.42 Å². The molecule has 2 aromatic carbocycles. The molecule has 0 radical (unpaired) electrons. The number of aryl methyl sites for hydroxylation is 2. The minimum absolute atomic E-state index is 0.161. The normalized spacial score (nSPS) is 11.0. The minimum Gasteiger partial charge on any atom is -0.278 e. The maximum atomic E-state index is 12.4. The van der Waals surface area contributed by atoms with Crippen LogP contribution in [0.15, 0.2) is 45.8 Å². The van der Waals surface area contributed by atoms with E-state index in [2.05, 4.69) is 20.7 Å². The monoisotopic (exact) mass is 364 g/mol. The minimum atomic E-state index is -3.72. The maximum absolute atomic E-state index is 12.4. The van der Waals surface area contributed by atoms with Gasteiger partial charge >= 0.3 is 0 Å². The zero-order chi connectivity index (χ0) is 15.6. The van der Waals surface area contributed by atoms with Crippen LogP contribution in [-0.4, -0.2) is 8.42 Å². The predicted octanol–water partition coefficient (Wildman–Crippen LogP) is 3.74. The third-order valence-corrected chi connectivity index (χ3v) is 5.32. The number of halogens is 1. The number of sulfonamides is 1. The average Bonchev–Trinajstić information content (AvgIpc) is 2.41. The number of benzene rings is 2. The largest absolute Gasteiger partial charge is 0.278 e. The summed E-state index contributed by atoms with van der Waals surface area (Å²) in [5, 5.41) is 9.16. The van der Waals surface area contributed by atoms with Gasteiger partial charge in [-0.25, -0.2) is 8.42 Å². The highest BCUT2D eigenvalue weighted by molar-refractivity contribution is 9.10. The van der Waals surface area contributed by atoms with Crippen molar-refractivity contribution in [3.63, 3.8) is 0 Å². The number of nitriles is 1. The number of anilines is 1. The van der Waals surface area contributed by atoms with Crippen LogP contribution >= 0.6 is 15.9 Å². The molecule has 0 amide bonds. The molecule has 0 bridgehead atoms. The molecule has 0 saturated carbocycles. The van der Waals surface area contributed by atoms with E-state index in [9.17, 15) is 8.42 Å². The van der Waals surface area contributed by atoms with Crippen LogP contribution in [0.25, 0.3) is 0 Å². The fourth-order valence-corrected chi connectivity index (χ4v) is 3.29. The number of hydrogen-bond acceptors (Lipinski definition) is 3. The molecule has 0 aromatic heterocycles. The zero-order valence-corrected chi connectivity index (χ0v) is 13.9. The lowest BCUT2D eigenvalue weighted by molar-refractivity contribution is 0.601. The molecule has 0 saturated heterocycles. The molecule has 108 valence electrons. The van der Waals surface area contributed by atoms with Crippen LogP contribution in [0.5, 0.6) is 0 Å². The van der Waals surface area contributed by atoms with E-state index in [-0.39, 0.29) is 10.6 Å². The van der Waals surface area contributed by atoms with E-state index in [0.717, 1.165) is 15.6 Å². The first-order valence-corrected chi connectivity index (χ1v) is 8.41. The Bertz CT molecular complexity index is 839. The molecule has 0 fully saturated rings. The van der Waals surface area contributed by atoms with Crippen LogP contribution in [0.1, 0.15) is 16.7 Å². The van der Waals surface area contributed by atoms with Gasteiger partial charge in [-0.05, 0) is 49.2 Å². The third-order valence-electron chi connectivity index (χ3n) is 3.07. The molecule has 0 atom stereocenters. The summed E-state index contributed by atoms with van der Waals surface area (Å²) in [6.07, 6.45) is 0. The standard InChI is InChI=1S/C15H13BrN2O2S/c1-10-4-3-5-15(13(10)9-17)18-21(19,20)12-6-7-14(16)11(2)8-12/h3-8,18H,1-2H3. The molecule has 4 nitrogen and oxygen atoms in total. The Balaban J connectivity index is 2.45. The molecule has 2 aromatic rings. The van der Waals surface area contributed by atoms with Gasteiger partial charge in [0.2, 0.25) is 0 Å². The summed E-state index contributed by atoms with van der Waals surface area (Å²) in [7, 11) is -3.72. The lowest BCUT2D eigenvalue weighted by Gasteiger charge is -2.11. The van der Waals surface area contributed by atoms with Crippen molar-refractivity contribution in [2.75, 3.05) is 4.72 Å². The molecule has 0 heterocycles. The van der Waals surface area contributed by atoms with Crippen LogP contribution < -0.4 is 4.72 Å². The van der Waals surface area contributed by atoms with Gasteiger partial charge in [0, 0.05) is 4.47 Å². The first kappa shape index (κ1) is 15.5. The zero-order valence-electron chi connectivity index (χ0n) is 11.5. The summed E-state index contributed by atoms with van der Waals surface area (Å²) < 4.78 is 28.1. The van der Waals surface area contributed by atoms with E-state index in [0.29, 0.717) is 5.56 Å². The van der Waals surface area contributed by atoms with Crippen LogP contribution in [0.4, 0.5) is 5.69 Å². The molecule has 0 spiro atoms. The molecule has 21 heavy (non-hydrogen) atoms. The Kier molecular flexibility index (Phi) is 4.35. The lowest BCUT2D eigenvalue weighted by Crippen LogP contribution is -2.14. The fourth-order valence-electron chi connectivity index (χ4n) is 1.89.